The first kappa shape index (κ1) is 13.0. The topological polar surface area (TPSA) is 20.2 Å². The molecule has 0 saturated carbocycles. The van der Waals surface area contributed by atoms with E-state index in [4.69, 9.17) is 11.6 Å². The van der Waals surface area contributed by atoms with E-state index in [1.54, 1.807) is 13.0 Å². The molecule has 0 fully saturated rings. The summed E-state index contributed by atoms with van der Waals surface area (Å²) in [6.07, 6.45) is -1.24. The van der Waals surface area contributed by atoms with Crippen LogP contribution in [0.4, 0.5) is 8.78 Å². The molecule has 2 aromatic carbocycles. The van der Waals surface area contributed by atoms with Gasteiger partial charge in [-0.1, -0.05) is 17.7 Å². The highest BCUT2D eigenvalue weighted by atomic mass is 35.5. The molecule has 2 rings (SSSR count). The number of aryl methyl sites for hydroxylation is 1. The summed E-state index contributed by atoms with van der Waals surface area (Å²) in [5.74, 6) is -1.04. The summed E-state index contributed by atoms with van der Waals surface area (Å²) >= 11 is 5.76. The molecule has 0 aliphatic rings. The Bertz CT molecular complexity index is 564. The molecule has 18 heavy (non-hydrogen) atoms. The van der Waals surface area contributed by atoms with Crippen molar-refractivity contribution in [2.75, 3.05) is 0 Å². The SMILES string of the molecule is Cc1cc(F)cc(C(O)c2cc(Cl)ccc2F)c1. The molecule has 0 aliphatic carbocycles. The van der Waals surface area contributed by atoms with Gasteiger partial charge in [0.25, 0.3) is 0 Å². The van der Waals surface area contributed by atoms with Crippen molar-refractivity contribution in [3.05, 3.63) is 69.7 Å². The molecule has 1 N–H and O–H groups in total. The van der Waals surface area contributed by atoms with Crippen molar-refractivity contribution in [1.29, 1.82) is 0 Å². The van der Waals surface area contributed by atoms with E-state index in [1.165, 1.54) is 30.3 Å². The summed E-state index contributed by atoms with van der Waals surface area (Å²) in [5.41, 5.74) is 0.993. The van der Waals surface area contributed by atoms with Gasteiger partial charge in [-0.2, -0.15) is 0 Å². The third-order valence-electron chi connectivity index (χ3n) is 2.63. The predicted molar refractivity (Wildman–Crippen MR) is 66.6 cm³/mol. The van der Waals surface area contributed by atoms with Crippen molar-refractivity contribution in [1.82, 2.24) is 0 Å². The fourth-order valence-electron chi connectivity index (χ4n) is 1.83. The second kappa shape index (κ2) is 5.04. The zero-order valence-corrected chi connectivity index (χ0v) is 10.4. The second-order valence-electron chi connectivity index (χ2n) is 4.13. The molecule has 1 unspecified atom stereocenters. The van der Waals surface area contributed by atoms with Crippen LogP contribution < -0.4 is 0 Å². The Morgan fingerprint density at radius 1 is 1.11 bits per heavy atom. The minimum Gasteiger partial charge on any atom is -0.384 e. The van der Waals surface area contributed by atoms with Gasteiger partial charge < -0.3 is 5.11 Å². The standard InChI is InChI=1S/C14H11ClF2O/c1-8-4-9(6-11(16)5-8)14(18)12-7-10(15)2-3-13(12)17/h2-7,14,18H,1H3. The quantitative estimate of drug-likeness (QED) is 0.873. The molecule has 0 radical (unpaired) electrons. The largest absolute Gasteiger partial charge is 0.384 e. The van der Waals surface area contributed by atoms with Crippen LogP contribution in [0.15, 0.2) is 36.4 Å². The number of hydrogen-bond acceptors (Lipinski definition) is 1. The lowest BCUT2D eigenvalue weighted by atomic mass is 9.99. The van der Waals surface area contributed by atoms with Crippen LogP contribution >= 0.6 is 11.6 Å². The van der Waals surface area contributed by atoms with Crippen molar-refractivity contribution < 1.29 is 13.9 Å². The lowest BCUT2D eigenvalue weighted by Gasteiger charge is -2.13. The van der Waals surface area contributed by atoms with E-state index in [9.17, 15) is 13.9 Å². The molecule has 0 heterocycles. The van der Waals surface area contributed by atoms with E-state index in [0.29, 0.717) is 16.1 Å². The van der Waals surface area contributed by atoms with Gasteiger partial charge in [0.15, 0.2) is 0 Å². The normalized spacial score (nSPS) is 12.5. The van der Waals surface area contributed by atoms with Gasteiger partial charge in [-0.25, -0.2) is 8.78 Å². The Morgan fingerprint density at radius 3 is 2.50 bits per heavy atom. The van der Waals surface area contributed by atoms with Gasteiger partial charge in [0, 0.05) is 10.6 Å². The van der Waals surface area contributed by atoms with Gasteiger partial charge in [-0.3, -0.25) is 0 Å². The predicted octanol–water partition coefficient (Wildman–Crippen LogP) is 4.01. The van der Waals surface area contributed by atoms with Gasteiger partial charge in [0.1, 0.15) is 17.7 Å². The van der Waals surface area contributed by atoms with Gasteiger partial charge in [-0.15, -0.1) is 0 Å². The Labute approximate surface area is 109 Å². The minimum atomic E-state index is -1.24. The molecule has 0 amide bonds. The van der Waals surface area contributed by atoms with E-state index in [2.05, 4.69) is 0 Å². The summed E-state index contributed by atoms with van der Waals surface area (Å²) < 4.78 is 26.8. The van der Waals surface area contributed by atoms with Gasteiger partial charge >= 0.3 is 0 Å². The lowest BCUT2D eigenvalue weighted by Crippen LogP contribution is -2.03. The molecule has 0 aromatic heterocycles. The van der Waals surface area contributed by atoms with Gasteiger partial charge in [0.05, 0.1) is 0 Å². The lowest BCUT2D eigenvalue weighted by molar-refractivity contribution is 0.214. The number of rotatable bonds is 2. The van der Waals surface area contributed by atoms with Crippen LogP contribution in [0, 0.1) is 18.6 Å². The maximum Gasteiger partial charge on any atom is 0.129 e. The van der Waals surface area contributed by atoms with Crippen molar-refractivity contribution >= 4 is 11.6 Å². The second-order valence-corrected chi connectivity index (χ2v) is 4.57. The molecule has 1 atom stereocenters. The van der Waals surface area contributed by atoms with Crippen molar-refractivity contribution in [2.45, 2.75) is 13.0 Å². The van der Waals surface area contributed by atoms with Crippen LogP contribution in [0.5, 0.6) is 0 Å². The number of hydrogen-bond donors (Lipinski definition) is 1. The summed E-state index contributed by atoms with van der Waals surface area (Å²) in [4.78, 5) is 0. The summed E-state index contributed by atoms with van der Waals surface area (Å²) in [6.45, 7) is 1.70. The van der Waals surface area contributed by atoms with Crippen molar-refractivity contribution in [3.63, 3.8) is 0 Å². The monoisotopic (exact) mass is 268 g/mol. The Kier molecular flexibility index (Phi) is 3.64. The first-order valence-corrected chi connectivity index (χ1v) is 5.75. The number of benzene rings is 2. The molecule has 1 nitrogen and oxygen atoms in total. The Morgan fingerprint density at radius 2 is 1.83 bits per heavy atom. The number of aliphatic hydroxyl groups excluding tert-OH is 1. The molecule has 0 bridgehead atoms. The van der Waals surface area contributed by atoms with Gasteiger partial charge in [-0.05, 0) is 48.4 Å². The van der Waals surface area contributed by atoms with Crippen LogP contribution in [-0.2, 0) is 0 Å². The maximum atomic E-state index is 13.6. The molecule has 94 valence electrons. The smallest absolute Gasteiger partial charge is 0.129 e. The maximum absolute atomic E-state index is 13.6. The van der Waals surface area contributed by atoms with Crippen molar-refractivity contribution in [2.24, 2.45) is 0 Å². The molecule has 2 aromatic rings. The molecule has 0 spiro atoms. The zero-order valence-electron chi connectivity index (χ0n) is 9.62. The van der Waals surface area contributed by atoms with Crippen LogP contribution in [0.1, 0.15) is 22.8 Å². The molecule has 0 aliphatic heterocycles. The Hall–Kier alpha value is -1.45. The van der Waals surface area contributed by atoms with Crippen LogP contribution in [0.25, 0.3) is 0 Å². The van der Waals surface area contributed by atoms with E-state index in [1.807, 2.05) is 0 Å². The number of aliphatic hydroxyl groups is 1. The molecule has 4 heteroatoms. The van der Waals surface area contributed by atoms with Crippen LogP contribution in [0.2, 0.25) is 5.02 Å². The fourth-order valence-corrected chi connectivity index (χ4v) is 2.01. The third kappa shape index (κ3) is 2.68. The van der Waals surface area contributed by atoms with E-state index in [-0.39, 0.29) is 5.56 Å². The average Bonchev–Trinajstić information content (AvgIpc) is 2.30. The number of halogens is 3. The van der Waals surface area contributed by atoms with E-state index in [0.717, 1.165) is 0 Å². The van der Waals surface area contributed by atoms with E-state index < -0.39 is 17.7 Å². The molecule has 0 saturated heterocycles. The highest BCUT2D eigenvalue weighted by molar-refractivity contribution is 6.30. The average molecular weight is 269 g/mol. The van der Waals surface area contributed by atoms with Crippen LogP contribution in [0.3, 0.4) is 0 Å². The Balaban J connectivity index is 2.47. The zero-order chi connectivity index (χ0) is 13.3. The first-order chi connectivity index (χ1) is 8.47. The highest BCUT2D eigenvalue weighted by Gasteiger charge is 2.16. The summed E-state index contributed by atoms with van der Waals surface area (Å²) in [6, 6.07) is 8.02. The summed E-state index contributed by atoms with van der Waals surface area (Å²) in [7, 11) is 0. The molecular weight excluding hydrogens is 258 g/mol. The molecular formula is C14H11ClF2O. The van der Waals surface area contributed by atoms with Crippen LogP contribution in [-0.4, -0.2) is 5.11 Å². The fraction of sp³-hybridized carbons (Fsp3) is 0.143. The third-order valence-corrected chi connectivity index (χ3v) is 2.87. The van der Waals surface area contributed by atoms with Gasteiger partial charge in [0.2, 0.25) is 0 Å². The highest BCUT2D eigenvalue weighted by Crippen LogP contribution is 2.27. The van der Waals surface area contributed by atoms with Crippen molar-refractivity contribution in [3.8, 4) is 0 Å². The summed E-state index contributed by atoms with van der Waals surface area (Å²) in [5, 5.41) is 10.4. The first-order valence-electron chi connectivity index (χ1n) is 5.37. The van der Waals surface area contributed by atoms with E-state index >= 15 is 0 Å². The minimum absolute atomic E-state index is 0.0347.